The third-order valence-electron chi connectivity index (χ3n) is 2.42. The summed E-state index contributed by atoms with van der Waals surface area (Å²) in [5.41, 5.74) is 11.5. The summed E-state index contributed by atoms with van der Waals surface area (Å²) >= 11 is 26.3. The second kappa shape index (κ2) is 8.64. The van der Waals surface area contributed by atoms with Gasteiger partial charge in [-0.25, -0.2) is 19.9 Å². The largest absolute Gasteiger partial charge is 0.394 e. The standard InChI is InChI=1S/C11H10Cl4N6S2/c12-6-4(16)7(13)19-10(18-6)22-2-1-3-23-11-20-8(14)5(17)9(15)21-11/h1-3,16-17H2. The Labute approximate surface area is 161 Å². The highest BCUT2D eigenvalue weighted by molar-refractivity contribution is 8.00. The molecule has 2 rings (SSSR count). The number of rotatable bonds is 6. The van der Waals surface area contributed by atoms with Crippen molar-refractivity contribution in [2.24, 2.45) is 0 Å². The molecule has 0 aliphatic carbocycles. The average molecular weight is 432 g/mol. The second-order valence-electron chi connectivity index (χ2n) is 4.05. The van der Waals surface area contributed by atoms with Gasteiger partial charge in [-0.2, -0.15) is 0 Å². The number of hydrogen-bond donors (Lipinski definition) is 2. The van der Waals surface area contributed by atoms with E-state index >= 15 is 0 Å². The number of nitrogen functional groups attached to an aromatic ring is 2. The van der Waals surface area contributed by atoms with Gasteiger partial charge in [-0.05, 0) is 6.42 Å². The Bertz CT molecular complexity index is 611. The van der Waals surface area contributed by atoms with Gasteiger partial charge in [-0.3, -0.25) is 0 Å². The maximum Gasteiger partial charge on any atom is 0.190 e. The Hall–Kier alpha value is -0.380. The molecule has 0 aliphatic rings. The molecule has 2 heterocycles. The Morgan fingerprint density at radius 2 is 0.957 bits per heavy atom. The van der Waals surface area contributed by atoms with Crippen molar-refractivity contribution >= 4 is 81.3 Å². The van der Waals surface area contributed by atoms with Crippen LogP contribution in [0.15, 0.2) is 10.3 Å². The highest BCUT2D eigenvalue weighted by Crippen LogP contribution is 2.29. The fourth-order valence-electron chi connectivity index (χ4n) is 1.31. The van der Waals surface area contributed by atoms with E-state index in [2.05, 4.69) is 19.9 Å². The molecule has 0 unspecified atom stereocenters. The van der Waals surface area contributed by atoms with Crippen molar-refractivity contribution in [1.82, 2.24) is 19.9 Å². The van der Waals surface area contributed by atoms with Crippen LogP contribution in [-0.2, 0) is 0 Å². The molecule has 23 heavy (non-hydrogen) atoms. The molecule has 124 valence electrons. The van der Waals surface area contributed by atoms with Crippen LogP contribution in [0.1, 0.15) is 6.42 Å². The third kappa shape index (κ3) is 5.30. The summed E-state index contributed by atoms with van der Waals surface area (Å²) < 4.78 is 0. The molecule has 2 aromatic rings. The summed E-state index contributed by atoms with van der Waals surface area (Å²) in [6.07, 6.45) is 0.848. The first kappa shape index (κ1) is 19.0. The van der Waals surface area contributed by atoms with E-state index in [1.165, 1.54) is 23.5 Å². The van der Waals surface area contributed by atoms with E-state index in [1.54, 1.807) is 0 Å². The number of hydrogen-bond acceptors (Lipinski definition) is 8. The van der Waals surface area contributed by atoms with Crippen LogP contribution >= 0.6 is 69.9 Å². The fraction of sp³-hybridized carbons (Fsp3) is 0.273. The van der Waals surface area contributed by atoms with Crippen molar-refractivity contribution in [3.63, 3.8) is 0 Å². The van der Waals surface area contributed by atoms with Gasteiger partial charge in [0, 0.05) is 11.5 Å². The first-order valence-corrected chi connectivity index (χ1v) is 9.59. The molecule has 0 saturated carbocycles. The fourth-order valence-corrected chi connectivity index (χ4v) is 4.04. The molecule has 0 atom stereocenters. The van der Waals surface area contributed by atoms with Crippen LogP contribution in [0.4, 0.5) is 11.4 Å². The summed E-state index contributed by atoms with van der Waals surface area (Å²) in [7, 11) is 0. The number of nitrogens with two attached hydrogens (primary N) is 2. The first-order valence-electron chi connectivity index (χ1n) is 6.11. The van der Waals surface area contributed by atoms with Crippen LogP contribution in [0.5, 0.6) is 0 Å². The average Bonchev–Trinajstić information content (AvgIpc) is 2.49. The van der Waals surface area contributed by atoms with Gasteiger partial charge in [0.1, 0.15) is 11.4 Å². The number of nitrogens with zero attached hydrogens (tertiary/aromatic N) is 4. The highest BCUT2D eigenvalue weighted by Gasteiger charge is 2.10. The van der Waals surface area contributed by atoms with Gasteiger partial charge in [-0.1, -0.05) is 69.9 Å². The monoisotopic (exact) mass is 430 g/mol. The molecule has 0 fully saturated rings. The van der Waals surface area contributed by atoms with Gasteiger partial charge in [-0.15, -0.1) is 0 Å². The van der Waals surface area contributed by atoms with E-state index < -0.39 is 0 Å². The number of thioether (sulfide) groups is 2. The van der Waals surface area contributed by atoms with Crippen LogP contribution < -0.4 is 11.5 Å². The molecule has 6 nitrogen and oxygen atoms in total. The van der Waals surface area contributed by atoms with Crippen LogP contribution in [0.3, 0.4) is 0 Å². The molecular weight excluding hydrogens is 422 g/mol. The van der Waals surface area contributed by atoms with Gasteiger partial charge in [0.15, 0.2) is 30.9 Å². The lowest BCUT2D eigenvalue weighted by molar-refractivity contribution is 0.959. The van der Waals surface area contributed by atoms with E-state index in [-0.39, 0.29) is 32.0 Å². The van der Waals surface area contributed by atoms with Crippen molar-refractivity contribution in [3.05, 3.63) is 20.6 Å². The van der Waals surface area contributed by atoms with E-state index in [0.29, 0.717) is 10.3 Å². The maximum absolute atomic E-state index is 5.85. The van der Waals surface area contributed by atoms with Crippen LogP contribution in [0, 0.1) is 0 Å². The summed E-state index contributed by atoms with van der Waals surface area (Å²) in [6.45, 7) is 0. The Morgan fingerprint density at radius 1 is 0.652 bits per heavy atom. The lowest BCUT2D eigenvalue weighted by Crippen LogP contribution is -1.98. The van der Waals surface area contributed by atoms with Crippen molar-refractivity contribution < 1.29 is 0 Å². The number of aromatic nitrogens is 4. The summed E-state index contributed by atoms with van der Waals surface area (Å²) in [5.74, 6) is 1.53. The summed E-state index contributed by atoms with van der Waals surface area (Å²) in [4.78, 5) is 16.2. The predicted octanol–water partition coefficient (Wildman–Crippen LogP) is 4.32. The van der Waals surface area contributed by atoms with Crippen LogP contribution in [0.25, 0.3) is 0 Å². The minimum atomic E-state index is 0.154. The minimum Gasteiger partial charge on any atom is -0.394 e. The molecule has 0 aliphatic heterocycles. The zero-order chi connectivity index (χ0) is 17.0. The smallest absolute Gasteiger partial charge is 0.190 e. The molecule has 0 radical (unpaired) electrons. The quantitative estimate of drug-likeness (QED) is 0.301. The molecule has 0 saturated heterocycles. The lowest BCUT2D eigenvalue weighted by atomic mass is 10.6. The van der Waals surface area contributed by atoms with Crippen molar-refractivity contribution in [2.45, 2.75) is 16.7 Å². The topological polar surface area (TPSA) is 104 Å². The molecule has 0 aromatic carbocycles. The summed E-state index contributed by atoms with van der Waals surface area (Å²) in [6, 6.07) is 0. The van der Waals surface area contributed by atoms with Gasteiger partial charge in [0.2, 0.25) is 0 Å². The molecule has 4 N–H and O–H groups in total. The van der Waals surface area contributed by atoms with E-state index in [1.807, 2.05) is 0 Å². The van der Waals surface area contributed by atoms with E-state index in [0.717, 1.165) is 17.9 Å². The van der Waals surface area contributed by atoms with Gasteiger partial charge < -0.3 is 11.5 Å². The zero-order valence-corrected chi connectivity index (χ0v) is 16.0. The zero-order valence-electron chi connectivity index (χ0n) is 11.4. The Morgan fingerprint density at radius 3 is 1.26 bits per heavy atom. The highest BCUT2D eigenvalue weighted by atomic mass is 35.5. The molecular formula is C11H10Cl4N6S2. The predicted molar refractivity (Wildman–Crippen MR) is 99.0 cm³/mol. The second-order valence-corrected chi connectivity index (χ2v) is 7.61. The van der Waals surface area contributed by atoms with E-state index in [4.69, 9.17) is 57.9 Å². The Kier molecular flexibility index (Phi) is 7.12. The molecule has 2 aromatic heterocycles. The molecule has 0 amide bonds. The maximum atomic E-state index is 5.85. The number of halogens is 4. The van der Waals surface area contributed by atoms with Gasteiger partial charge >= 0.3 is 0 Å². The van der Waals surface area contributed by atoms with Crippen molar-refractivity contribution in [2.75, 3.05) is 23.0 Å². The first-order chi connectivity index (χ1) is 10.9. The Balaban J connectivity index is 1.80. The molecule has 12 heteroatoms. The van der Waals surface area contributed by atoms with Crippen molar-refractivity contribution in [1.29, 1.82) is 0 Å². The molecule has 0 bridgehead atoms. The van der Waals surface area contributed by atoms with Gasteiger partial charge in [0.25, 0.3) is 0 Å². The van der Waals surface area contributed by atoms with Crippen molar-refractivity contribution in [3.8, 4) is 0 Å². The third-order valence-corrected chi connectivity index (χ3v) is 5.43. The normalized spacial score (nSPS) is 11.0. The SMILES string of the molecule is Nc1c(Cl)nc(SCCCSc2nc(Cl)c(N)c(Cl)n2)nc1Cl. The van der Waals surface area contributed by atoms with Gasteiger partial charge in [0.05, 0.1) is 0 Å². The number of anilines is 2. The summed E-state index contributed by atoms with van der Waals surface area (Å²) in [5, 5.41) is 1.58. The van der Waals surface area contributed by atoms with Crippen LogP contribution in [0.2, 0.25) is 20.6 Å². The minimum absolute atomic E-state index is 0.154. The lowest BCUT2D eigenvalue weighted by Gasteiger charge is -2.05. The van der Waals surface area contributed by atoms with E-state index in [9.17, 15) is 0 Å². The van der Waals surface area contributed by atoms with Crippen LogP contribution in [-0.4, -0.2) is 31.4 Å². The molecule has 0 spiro atoms.